The lowest BCUT2D eigenvalue weighted by molar-refractivity contribution is -0.140. The SMILES string of the molecule is COCC(=O)Cn1c(=O)c2c(ncn2[C@@H](C)C(=O)Nc2csc(-c3cnc(N4CC5C(C4)C5(F)F)nc3)n2)n(C)c1=O.COCC(=O)Cn1c(=O)c2c(ncn2[C@@H](C)C(=O)O)n(C)c1=O.Nc1csc(-c2cnc(N3CC4C(C3)C4(F)F)nc2)n1. The second-order valence-electron chi connectivity index (χ2n) is 20.5. The van der Waals surface area contributed by atoms with Crippen LogP contribution >= 0.6 is 22.7 Å². The van der Waals surface area contributed by atoms with Gasteiger partial charge in [-0.15, -0.1) is 22.7 Å². The quantitative estimate of drug-likeness (QED) is 0.109. The van der Waals surface area contributed by atoms with E-state index in [0.29, 0.717) is 41.4 Å². The Morgan fingerprint density at radius 1 is 0.659 bits per heavy atom. The van der Waals surface area contributed by atoms with Crippen molar-refractivity contribution in [2.45, 2.75) is 50.9 Å². The normalized spacial score (nSPS) is 19.3. The number of alkyl halides is 4. The van der Waals surface area contributed by atoms with Crippen molar-refractivity contribution in [1.29, 1.82) is 0 Å². The average Bonchev–Trinajstić information content (AvgIpc) is 1.61. The van der Waals surface area contributed by atoms with Crippen molar-refractivity contribution in [3.05, 3.63) is 89.9 Å². The standard InChI is InChI=1S/C25H25F2N9O5S.C13H16N4O6.C12H11F2N5S/c1-12(36-11-30-19-18(36)22(39)35(24(40)33(19)2)6-14(37)9-41-3)20(38)31-17-10-42-21(32-17)13-4-28-23(29-5-13)34-7-15-16(8-34)25(15,26)27;1-7(12(20)21)17-6-14-10-9(17)11(19)16(13(22)15(10)2)4-8(18)5-23-3;13-12(14)7-3-19(4-8(7)12)11-16-1-6(2-17-11)10-18-9(15)5-20-10/h4-5,10-12,15-16H,6-9H2,1-3H3,(H,31,38);6-7H,4-5H2,1-3H3,(H,20,21);1-2,5,7-8H,3-4,15H2/t12-,15?,16?;7-;/m00./s1. The van der Waals surface area contributed by atoms with Crippen molar-refractivity contribution in [3.8, 4) is 21.1 Å². The van der Waals surface area contributed by atoms with Gasteiger partial charge in [0.2, 0.25) is 17.8 Å². The number of carboxylic acid groups (broad SMARTS) is 1. The van der Waals surface area contributed by atoms with Crippen molar-refractivity contribution in [2.24, 2.45) is 37.8 Å². The number of carbonyl (C=O) groups is 4. The first-order valence-corrected chi connectivity index (χ1v) is 27.6. The van der Waals surface area contributed by atoms with Crippen LogP contribution in [0, 0.1) is 23.7 Å². The van der Waals surface area contributed by atoms with Gasteiger partial charge in [-0.3, -0.25) is 42.2 Å². The van der Waals surface area contributed by atoms with Crippen LogP contribution in [0.1, 0.15) is 25.9 Å². The number of carbonyl (C=O) groups excluding carboxylic acids is 3. The number of halogens is 4. The monoisotopic (exact) mass is 1220 g/mol. The van der Waals surface area contributed by atoms with E-state index in [1.54, 1.807) is 47.4 Å². The molecule has 8 aromatic heterocycles. The van der Waals surface area contributed by atoms with Gasteiger partial charge >= 0.3 is 17.3 Å². The predicted molar refractivity (Wildman–Crippen MR) is 297 cm³/mol. The lowest BCUT2D eigenvalue weighted by Crippen LogP contribution is -2.42. The van der Waals surface area contributed by atoms with Crippen LogP contribution in [-0.4, -0.2) is 161 Å². The van der Waals surface area contributed by atoms with Gasteiger partial charge in [-0.1, -0.05) is 0 Å². The zero-order valence-electron chi connectivity index (χ0n) is 45.8. The van der Waals surface area contributed by atoms with Crippen molar-refractivity contribution >= 4 is 92.0 Å². The largest absolute Gasteiger partial charge is 0.480 e. The van der Waals surface area contributed by atoms with Gasteiger partial charge in [-0.25, -0.2) is 71.8 Å². The van der Waals surface area contributed by atoms with Crippen LogP contribution in [0.4, 0.5) is 41.1 Å². The highest BCUT2D eigenvalue weighted by Gasteiger charge is 2.72. The Labute approximate surface area is 483 Å². The number of thiazole rings is 2. The molecule has 29 nitrogen and oxygen atoms in total. The number of nitrogens with zero attached hydrogens (tertiary/aromatic N) is 16. The molecule has 12 rings (SSSR count). The maximum atomic E-state index is 13.5. The Bertz CT molecular complexity index is 4150. The fraction of sp³-hybridized carbons (Fsp3) is 0.440. The van der Waals surface area contributed by atoms with Crippen molar-refractivity contribution < 1.29 is 51.3 Å². The molecule has 4 N–H and O–H groups in total. The minimum atomic E-state index is -2.58. The molecule has 4 unspecified atom stereocenters. The van der Waals surface area contributed by atoms with Gasteiger partial charge in [0.1, 0.15) is 46.9 Å². The summed E-state index contributed by atoms with van der Waals surface area (Å²) in [5.41, 5.74) is 4.06. The lowest BCUT2D eigenvalue weighted by Gasteiger charge is -2.19. The molecule has 2 aliphatic carbocycles. The van der Waals surface area contributed by atoms with Gasteiger partial charge in [0.15, 0.2) is 33.9 Å². The molecule has 2 saturated carbocycles. The van der Waals surface area contributed by atoms with E-state index in [1.165, 1.54) is 75.1 Å². The van der Waals surface area contributed by atoms with E-state index < -0.39 is 107 Å². The van der Waals surface area contributed by atoms with Crippen LogP contribution in [0.3, 0.4) is 0 Å². The lowest BCUT2D eigenvalue weighted by atomic mass is 10.3. The van der Waals surface area contributed by atoms with Crippen molar-refractivity contribution in [1.82, 2.24) is 67.3 Å². The zero-order chi connectivity index (χ0) is 61.1. The molecule has 6 atom stereocenters. The van der Waals surface area contributed by atoms with Gasteiger partial charge in [0, 0.05) is 101 Å². The Morgan fingerprint density at radius 3 is 1.45 bits per heavy atom. The number of piperidine rings is 2. The van der Waals surface area contributed by atoms with Gasteiger partial charge in [-0.05, 0) is 13.8 Å². The van der Waals surface area contributed by atoms with E-state index in [0.717, 1.165) is 33.4 Å². The number of aryl methyl sites for hydroxylation is 2. The highest BCUT2D eigenvalue weighted by molar-refractivity contribution is 7.13. The van der Waals surface area contributed by atoms with E-state index >= 15 is 0 Å². The number of fused-ring (bicyclic) bond motifs is 4. The third kappa shape index (κ3) is 11.2. The molecule has 35 heteroatoms. The van der Waals surface area contributed by atoms with Crippen LogP contribution in [0.5, 0.6) is 0 Å². The number of anilines is 4. The first kappa shape index (κ1) is 59.2. The number of ketones is 2. The summed E-state index contributed by atoms with van der Waals surface area (Å²) in [6.07, 6.45) is 8.90. The number of Topliss-reactive ketones (excluding diaryl/α,β-unsaturated/α-hetero) is 2. The minimum absolute atomic E-state index is 0.0137. The molecular formula is C50H52F4N18O11S2. The fourth-order valence-electron chi connectivity index (χ4n) is 10.1. The Kier molecular flexibility index (Phi) is 15.9. The number of hydrogen-bond acceptors (Lipinski definition) is 23. The fourth-order valence-corrected chi connectivity index (χ4v) is 11.5. The van der Waals surface area contributed by atoms with Crippen LogP contribution in [0.15, 0.2) is 67.4 Å². The van der Waals surface area contributed by atoms with E-state index in [2.05, 4.69) is 49.9 Å². The van der Waals surface area contributed by atoms with Gasteiger partial charge in [0.05, 0.1) is 49.4 Å². The number of aliphatic carboxylic acids is 1. The number of carboxylic acids is 1. The zero-order valence-corrected chi connectivity index (χ0v) is 47.5. The van der Waals surface area contributed by atoms with Crippen LogP contribution in [0.2, 0.25) is 0 Å². The summed E-state index contributed by atoms with van der Waals surface area (Å²) in [5, 5.41) is 16.5. The van der Waals surface area contributed by atoms with Gasteiger partial charge < -0.3 is 44.6 Å². The molecule has 0 aromatic carbocycles. The Morgan fingerprint density at radius 2 is 1.06 bits per heavy atom. The van der Waals surface area contributed by atoms with E-state index in [9.17, 15) is 55.9 Å². The summed E-state index contributed by atoms with van der Waals surface area (Å²) in [5.74, 6) is -8.34. The van der Waals surface area contributed by atoms with Crippen molar-refractivity contribution in [3.63, 3.8) is 0 Å². The third-order valence-corrected chi connectivity index (χ3v) is 16.8. The Balaban J connectivity index is 0.000000157. The summed E-state index contributed by atoms with van der Waals surface area (Å²) < 4.78 is 69.0. The molecule has 2 saturated heterocycles. The molecular weight excluding hydrogens is 1170 g/mol. The number of nitrogen functional groups attached to an aromatic ring is 1. The van der Waals surface area contributed by atoms with Crippen LogP contribution in [0.25, 0.3) is 43.5 Å². The van der Waals surface area contributed by atoms with E-state index in [4.69, 9.17) is 15.6 Å². The summed E-state index contributed by atoms with van der Waals surface area (Å²) in [6, 6.07) is -1.98. The summed E-state index contributed by atoms with van der Waals surface area (Å²) in [7, 11) is 5.47. The number of rotatable bonds is 17. The van der Waals surface area contributed by atoms with Crippen molar-refractivity contribution in [2.75, 3.05) is 74.5 Å². The maximum absolute atomic E-state index is 13.5. The first-order chi connectivity index (χ1) is 40.3. The van der Waals surface area contributed by atoms with Gasteiger partial charge in [0.25, 0.3) is 23.0 Å². The maximum Gasteiger partial charge on any atom is 0.332 e. The highest BCUT2D eigenvalue weighted by atomic mass is 32.1. The summed E-state index contributed by atoms with van der Waals surface area (Å²) in [6.45, 7) is 2.62. The molecule has 0 radical (unpaired) electrons. The van der Waals surface area contributed by atoms with Crippen LogP contribution < -0.4 is 43.3 Å². The number of nitrogens with one attached hydrogen (secondary N) is 1. The first-order valence-electron chi connectivity index (χ1n) is 25.8. The minimum Gasteiger partial charge on any atom is -0.480 e. The smallest absolute Gasteiger partial charge is 0.332 e. The van der Waals surface area contributed by atoms with E-state index in [-0.39, 0.29) is 54.4 Å². The molecule has 1 amide bonds. The third-order valence-electron chi connectivity index (χ3n) is 15.0. The second kappa shape index (κ2) is 22.9. The van der Waals surface area contributed by atoms with Gasteiger partial charge in [-0.2, -0.15) is 0 Å². The summed E-state index contributed by atoms with van der Waals surface area (Å²) >= 11 is 2.67. The number of aromatic nitrogens is 14. The number of methoxy groups -OCH3 is 2. The van der Waals surface area contributed by atoms with Crippen LogP contribution in [-0.2, 0) is 55.8 Å². The Hall–Kier alpha value is -8.96. The molecule has 448 valence electrons. The number of hydrogen-bond donors (Lipinski definition) is 3. The molecule has 2 aliphatic heterocycles. The molecule has 0 spiro atoms. The highest BCUT2D eigenvalue weighted by Crippen LogP contribution is 2.60. The average molecular weight is 1220 g/mol. The summed E-state index contributed by atoms with van der Waals surface area (Å²) in [4.78, 5) is 136. The molecule has 0 bridgehead atoms. The molecule has 4 fully saturated rings. The molecule has 4 aliphatic rings. The number of imidazole rings is 2. The number of amides is 1. The number of ether oxygens (including phenoxy) is 2. The van der Waals surface area contributed by atoms with E-state index in [1.807, 2.05) is 4.90 Å². The second-order valence-corrected chi connectivity index (χ2v) is 22.2. The number of nitrogens with two attached hydrogens (primary N) is 1. The molecule has 85 heavy (non-hydrogen) atoms. The molecule has 8 aromatic rings. The topological polar surface area (TPSA) is 352 Å². The molecule has 10 heterocycles. The predicted octanol–water partition coefficient (Wildman–Crippen LogP) is 1.57.